The van der Waals surface area contributed by atoms with Crippen molar-refractivity contribution in [3.63, 3.8) is 0 Å². The van der Waals surface area contributed by atoms with E-state index < -0.39 is 5.54 Å². The molecule has 0 saturated heterocycles. The van der Waals surface area contributed by atoms with Gasteiger partial charge in [-0.05, 0) is 24.6 Å². The molecule has 1 atom stereocenters. The number of hydrogen-bond acceptors (Lipinski definition) is 3. The van der Waals surface area contributed by atoms with Gasteiger partial charge >= 0.3 is 0 Å². The first-order valence-corrected chi connectivity index (χ1v) is 4.40. The van der Waals surface area contributed by atoms with Gasteiger partial charge in [0.1, 0.15) is 11.3 Å². The number of benzene rings is 1. The van der Waals surface area contributed by atoms with E-state index in [2.05, 4.69) is 6.07 Å². The predicted octanol–water partition coefficient (Wildman–Crippen LogP) is 1.48. The fourth-order valence-electron chi connectivity index (χ4n) is 1.21. The number of nitriles is 1. The topological polar surface area (TPSA) is 59.0 Å². The Bertz CT molecular complexity index is 335. The summed E-state index contributed by atoms with van der Waals surface area (Å²) in [7, 11) is 1.62. The van der Waals surface area contributed by atoms with E-state index in [1.165, 1.54) is 0 Å². The van der Waals surface area contributed by atoms with Crippen LogP contribution in [0.25, 0.3) is 0 Å². The second kappa shape index (κ2) is 4.12. The van der Waals surface area contributed by atoms with Gasteiger partial charge in [0.2, 0.25) is 0 Å². The van der Waals surface area contributed by atoms with E-state index in [0.717, 1.165) is 11.3 Å². The monoisotopic (exact) mass is 190 g/mol. The Balaban J connectivity index is 2.75. The molecule has 14 heavy (non-hydrogen) atoms. The van der Waals surface area contributed by atoms with Crippen molar-refractivity contribution in [2.24, 2.45) is 5.73 Å². The first-order chi connectivity index (χ1) is 6.57. The van der Waals surface area contributed by atoms with Crippen LogP contribution in [0, 0.1) is 11.3 Å². The van der Waals surface area contributed by atoms with E-state index in [4.69, 9.17) is 15.7 Å². The molecule has 0 aromatic heterocycles. The lowest BCUT2D eigenvalue weighted by Crippen LogP contribution is -2.36. The van der Waals surface area contributed by atoms with E-state index >= 15 is 0 Å². The van der Waals surface area contributed by atoms with Crippen LogP contribution in [0.4, 0.5) is 0 Å². The quantitative estimate of drug-likeness (QED) is 0.785. The molecular formula is C11H14N2O. The largest absolute Gasteiger partial charge is 0.497 e. The van der Waals surface area contributed by atoms with Crippen LogP contribution in [0.5, 0.6) is 5.75 Å². The molecule has 0 bridgehead atoms. The van der Waals surface area contributed by atoms with Crippen LogP contribution in [-0.2, 0) is 6.42 Å². The second-order valence-corrected chi connectivity index (χ2v) is 3.55. The highest BCUT2D eigenvalue weighted by molar-refractivity contribution is 5.29. The maximum atomic E-state index is 8.76. The van der Waals surface area contributed by atoms with E-state index in [-0.39, 0.29) is 0 Å². The average molecular weight is 190 g/mol. The zero-order valence-electron chi connectivity index (χ0n) is 8.45. The summed E-state index contributed by atoms with van der Waals surface area (Å²) in [6, 6.07) is 9.63. The Hall–Kier alpha value is -1.53. The molecule has 1 rings (SSSR count). The second-order valence-electron chi connectivity index (χ2n) is 3.55. The molecule has 1 aromatic rings. The summed E-state index contributed by atoms with van der Waals surface area (Å²) < 4.78 is 5.03. The van der Waals surface area contributed by atoms with Gasteiger partial charge in [0.25, 0.3) is 0 Å². The van der Waals surface area contributed by atoms with Gasteiger partial charge in [0.05, 0.1) is 13.2 Å². The maximum Gasteiger partial charge on any atom is 0.118 e. The normalized spacial score (nSPS) is 14.1. The molecule has 0 fully saturated rings. The Morgan fingerprint density at radius 3 is 2.43 bits per heavy atom. The molecule has 0 aliphatic heterocycles. The lowest BCUT2D eigenvalue weighted by molar-refractivity contribution is 0.414. The summed E-state index contributed by atoms with van der Waals surface area (Å²) >= 11 is 0. The minimum atomic E-state index is -0.797. The predicted molar refractivity (Wildman–Crippen MR) is 54.9 cm³/mol. The van der Waals surface area contributed by atoms with Crippen LogP contribution in [0.3, 0.4) is 0 Å². The van der Waals surface area contributed by atoms with Crippen LogP contribution < -0.4 is 10.5 Å². The van der Waals surface area contributed by atoms with Gasteiger partial charge in [-0.1, -0.05) is 12.1 Å². The van der Waals surface area contributed by atoms with Gasteiger partial charge in [0.15, 0.2) is 0 Å². The third-order valence-corrected chi connectivity index (χ3v) is 1.99. The molecule has 0 amide bonds. The number of nitrogens with zero attached hydrogens (tertiary/aromatic N) is 1. The lowest BCUT2D eigenvalue weighted by atomic mass is 9.96. The third kappa shape index (κ3) is 2.75. The Kier molecular flexibility index (Phi) is 3.10. The standard InChI is InChI=1S/C11H14N2O/c1-11(13,8-12)7-9-3-5-10(14-2)6-4-9/h3-6H,7,13H2,1-2H3. The van der Waals surface area contributed by atoms with E-state index in [1.54, 1.807) is 14.0 Å². The SMILES string of the molecule is COc1ccc(CC(C)(N)C#N)cc1. The highest BCUT2D eigenvalue weighted by Gasteiger charge is 2.17. The van der Waals surface area contributed by atoms with Crippen LogP contribution in [0.2, 0.25) is 0 Å². The number of nitrogens with two attached hydrogens (primary N) is 1. The van der Waals surface area contributed by atoms with Gasteiger partial charge in [-0.15, -0.1) is 0 Å². The summed E-state index contributed by atoms with van der Waals surface area (Å²) in [5.41, 5.74) is 5.97. The molecule has 0 radical (unpaired) electrons. The van der Waals surface area contributed by atoms with Gasteiger partial charge in [-0.3, -0.25) is 0 Å². The highest BCUT2D eigenvalue weighted by atomic mass is 16.5. The molecule has 0 saturated carbocycles. The van der Waals surface area contributed by atoms with Gasteiger partial charge in [-0.25, -0.2) is 0 Å². The lowest BCUT2D eigenvalue weighted by Gasteiger charge is -2.14. The summed E-state index contributed by atoms with van der Waals surface area (Å²) in [5, 5.41) is 8.76. The fraction of sp³-hybridized carbons (Fsp3) is 0.364. The van der Waals surface area contributed by atoms with Crippen LogP contribution in [0.1, 0.15) is 12.5 Å². The molecule has 1 aromatic carbocycles. The van der Waals surface area contributed by atoms with E-state index in [9.17, 15) is 0 Å². The molecule has 3 heteroatoms. The number of hydrogen-bond donors (Lipinski definition) is 1. The zero-order chi connectivity index (χ0) is 10.6. The van der Waals surface area contributed by atoms with Gasteiger partial charge in [0, 0.05) is 6.42 Å². The van der Waals surface area contributed by atoms with Crippen LogP contribution in [0.15, 0.2) is 24.3 Å². The van der Waals surface area contributed by atoms with Crippen molar-refractivity contribution in [3.8, 4) is 11.8 Å². The maximum absolute atomic E-state index is 8.76. The van der Waals surface area contributed by atoms with Gasteiger partial charge in [-0.2, -0.15) is 5.26 Å². The molecule has 74 valence electrons. The number of methoxy groups -OCH3 is 1. The van der Waals surface area contributed by atoms with Crippen molar-refractivity contribution < 1.29 is 4.74 Å². The summed E-state index contributed by atoms with van der Waals surface area (Å²) in [6.45, 7) is 1.72. The Morgan fingerprint density at radius 1 is 1.43 bits per heavy atom. The minimum Gasteiger partial charge on any atom is -0.497 e. The van der Waals surface area contributed by atoms with Crippen molar-refractivity contribution in [1.29, 1.82) is 5.26 Å². The molecule has 2 N–H and O–H groups in total. The Labute approximate surface area is 84.1 Å². The highest BCUT2D eigenvalue weighted by Crippen LogP contribution is 2.15. The summed E-state index contributed by atoms with van der Waals surface area (Å²) in [6.07, 6.45) is 0.549. The van der Waals surface area contributed by atoms with Crippen molar-refractivity contribution in [3.05, 3.63) is 29.8 Å². The summed E-state index contributed by atoms with van der Waals surface area (Å²) in [5.74, 6) is 0.810. The molecule has 3 nitrogen and oxygen atoms in total. The first kappa shape index (κ1) is 10.6. The molecule has 0 aliphatic carbocycles. The van der Waals surface area contributed by atoms with Crippen molar-refractivity contribution >= 4 is 0 Å². The molecule has 0 spiro atoms. The molecule has 1 unspecified atom stereocenters. The van der Waals surface area contributed by atoms with Gasteiger partial charge < -0.3 is 10.5 Å². The van der Waals surface area contributed by atoms with Crippen molar-refractivity contribution in [1.82, 2.24) is 0 Å². The molecular weight excluding hydrogens is 176 g/mol. The smallest absolute Gasteiger partial charge is 0.118 e. The van der Waals surface area contributed by atoms with Crippen LogP contribution >= 0.6 is 0 Å². The number of rotatable bonds is 3. The fourth-order valence-corrected chi connectivity index (χ4v) is 1.21. The average Bonchev–Trinajstić information content (AvgIpc) is 2.19. The minimum absolute atomic E-state index is 0.549. The zero-order valence-corrected chi connectivity index (χ0v) is 8.45. The molecule has 0 heterocycles. The first-order valence-electron chi connectivity index (χ1n) is 4.40. The Morgan fingerprint density at radius 2 is 2.00 bits per heavy atom. The van der Waals surface area contributed by atoms with E-state index in [0.29, 0.717) is 6.42 Å². The summed E-state index contributed by atoms with van der Waals surface area (Å²) in [4.78, 5) is 0. The third-order valence-electron chi connectivity index (χ3n) is 1.99. The van der Waals surface area contributed by atoms with Crippen molar-refractivity contribution in [2.75, 3.05) is 7.11 Å². The van der Waals surface area contributed by atoms with Crippen LogP contribution in [-0.4, -0.2) is 12.6 Å². The molecule has 0 aliphatic rings. The number of ether oxygens (including phenoxy) is 1. The van der Waals surface area contributed by atoms with Crippen molar-refractivity contribution in [2.45, 2.75) is 18.9 Å². The van der Waals surface area contributed by atoms with E-state index in [1.807, 2.05) is 24.3 Å².